The molecule has 1 saturated carbocycles. The molecule has 1 heterocycles. The second-order valence-electron chi connectivity index (χ2n) is 6.09. The van der Waals surface area contributed by atoms with Crippen molar-refractivity contribution >= 4 is 0 Å². The van der Waals surface area contributed by atoms with Gasteiger partial charge >= 0.3 is 0 Å². The van der Waals surface area contributed by atoms with Gasteiger partial charge in [-0.2, -0.15) is 0 Å². The van der Waals surface area contributed by atoms with E-state index in [2.05, 4.69) is 29.2 Å². The maximum absolute atomic E-state index is 3.58. The van der Waals surface area contributed by atoms with Crippen molar-refractivity contribution in [1.29, 1.82) is 0 Å². The minimum absolute atomic E-state index is 0.857. The summed E-state index contributed by atoms with van der Waals surface area (Å²) in [6.07, 6.45) is 7.02. The molecule has 1 aliphatic heterocycles. The van der Waals surface area contributed by atoms with E-state index in [4.69, 9.17) is 0 Å². The van der Waals surface area contributed by atoms with Gasteiger partial charge in [-0.05, 0) is 65.2 Å². The molecule has 0 aromatic rings. The third-order valence-electron chi connectivity index (χ3n) is 4.15. The zero-order chi connectivity index (χ0) is 12.1. The molecule has 2 aliphatic rings. The summed E-state index contributed by atoms with van der Waals surface area (Å²) < 4.78 is 0. The maximum Gasteiger partial charge on any atom is 0.0104 e. The standard InChI is InChI=1S/C14H29N3/c1-16(11-8-15-14-5-6-14)10-7-13-4-3-9-17(2)12-13/h13-15H,3-12H2,1-2H3. The lowest BCUT2D eigenvalue weighted by molar-refractivity contribution is 0.186. The first-order chi connectivity index (χ1) is 8.24. The lowest BCUT2D eigenvalue weighted by Gasteiger charge is -2.30. The molecule has 2 rings (SSSR count). The van der Waals surface area contributed by atoms with Crippen LogP contribution in [-0.4, -0.2) is 62.7 Å². The van der Waals surface area contributed by atoms with Crippen LogP contribution in [0.25, 0.3) is 0 Å². The molecule has 3 heteroatoms. The van der Waals surface area contributed by atoms with E-state index in [-0.39, 0.29) is 0 Å². The quantitative estimate of drug-likeness (QED) is 0.724. The fourth-order valence-corrected chi connectivity index (χ4v) is 2.77. The smallest absolute Gasteiger partial charge is 0.0104 e. The van der Waals surface area contributed by atoms with Crippen LogP contribution in [0.1, 0.15) is 32.1 Å². The van der Waals surface area contributed by atoms with Crippen LogP contribution < -0.4 is 5.32 Å². The van der Waals surface area contributed by atoms with Gasteiger partial charge in [0, 0.05) is 25.7 Å². The summed E-state index contributed by atoms with van der Waals surface area (Å²) in [5.41, 5.74) is 0. The predicted molar refractivity (Wildman–Crippen MR) is 73.4 cm³/mol. The highest BCUT2D eigenvalue weighted by Crippen LogP contribution is 2.19. The van der Waals surface area contributed by atoms with Gasteiger partial charge in [0.2, 0.25) is 0 Å². The molecule has 0 radical (unpaired) electrons. The molecule has 0 bridgehead atoms. The van der Waals surface area contributed by atoms with E-state index < -0.39 is 0 Å². The number of hydrogen-bond acceptors (Lipinski definition) is 3. The second-order valence-corrected chi connectivity index (χ2v) is 6.09. The molecule has 2 fully saturated rings. The number of piperidine rings is 1. The van der Waals surface area contributed by atoms with E-state index in [1.165, 1.54) is 64.8 Å². The minimum Gasteiger partial charge on any atom is -0.313 e. The largest absolute Gasteiger partial charge is 0.313 e. The van der Waals surface area contributed by atoms with Crippen molar-refractivity contribution in [3.05, 3.63) is 0 Å². The zero-order valence-corrected chi connectivity index (χ0v) is 11.6. The van der Waals surface area contributed by atoms with Crippen molar-refractivity contribution in [2.24, 2.45) is 5.92 Å². The minimum atomic E-state index is 0.857. The Kier molecular flexibility index (Phi) is 5.26. The lowest BCUT2D eigenvalue weighted by Crippen LogP contribution is -2.35. The Bertz CT molecular complexity index is 216. The maximum atomic E-state index is 3.58. The first-order valence-electron chi connectivity index (χ1n) is 7.34. The van der Waals surface area contributed by atoms with Crippen LogP contribution in [-0.2, 0) is 0 Å². The lowest BCUT2D eigenvalue weighted by atomic mass is 9.95. The van der Waals surface area contributed by atoms with Gasteiger partial charge in [0.25, 0.3) is 0 Å². The van der Waals surface area contributed by atoms with Gasteiger partial charge in [0.05, 0.1) is 0 Å². The van der Waals surface area contributed by atoms with Crippen molar-refractivity contribution < 1.29 is 0 Å². The average molecular weight is 239 g/mol. The average Bonchev–Trinajstić information content (AvgIpc) is 3.11. The molecule has 0 aromatic heterocycles. The van der Waals surface area contributed by atoms with E-state index in [0.29, 0.717) is 0 Å². The number of likely N-dealkylation sites (tertiary alicyclic amines) is 1. The first kappa shape index (κ1) is 13.3. The van der Waals surface area contributed by atoms with Gasteiger partial charge in [-0.15, -0.1) is 0 Å². The number of rotatable bonds is 7. The Balaban J connectivity index is 1.50. The zero-order valence-electron chi connectivity index (χ0n) is 11.6. The molecule has 1 N–H and O–H groups in total. The molecule has 1 unspecified atom stereocenters. The van der Waals surface area contributed by atoms with E-state index >= 15 is 0 Å². The van der Waals surface area contributed by atoms with Gasteiger partial charge in [-0.1, -0.05) is 0 Å². The van der Waals surface area contributed by atoms with Crippen molar-refractivity contribution in [2.75, 3.05) is 46.8 Å². The summed E-state index contributed by atoms with van der Waals surface area (Å²) in [6, 6.07) is 0.857. The Morgan fingerprint density at radius 1 is 1.24 bits per heavy atom. The summed E-state index contributed by atoms with van der Waals surface area (Å²) in [4.78, 5) is 4.98. The molecule has 3 nitrogen and oxygen atoms in total. The van der Waals surface area contributed by atoms with Gasteiger partial charge in [-0.25, -0.2) is 0 Å². The summed E-state index contributed by atoms with van der Waals surface area (Å²) in [5, 5.41) is 3.58. The van der Waals surface area contributed by atoms with Crippen LogP contribution in [0.3, 0.4) is 0 Å². The fraction of sp³-hybridized carbons (Fsp3) is 1.00. The third kappa shape index (κ3) is 5.36. The highest BCUT2D eigenvalue weighted by Gasteiger charge is 2.20. The van der Waals surface area contributed by atoms with Crippen molar-refractivity contribution in [1.82, 2.24) is 15.1 Å². The highest BCUT2D eigenvalue weighted by atomic mass is 15.1. The number of likely N-dealkylation sites (N-methyl/N-ethyl adjacent to an activating group) is 1. The third-order valence-corrected chi connectivity index (χ3v) is 4.15. The molecular weight excluding hydrogens is 210 g/mol. The van der Waals surface area contributed by atoms with Gasteiger partial charge in [-0.3, -0.25) is 0 Å². The van der Waals surface area contributed by atoms with Crippen LogP contribution in [0.15, 0.2) is 0 Å². The SMILES string of the molecule is CN(CCNC1CC1)CCC1CCCN(C)C1. The second kappa shape index (κ2) is 6.72. The predicted octanol–water partition coefficient (Wildman–Crippen LogP) is 1.40. The van der Waals surface area contributed by atoms with Gasteiger partial charge in [0.1, 0.15) is 0 Å². The number of hydrogen-bond donors (Lipinski definition) is 1. The van der Waals surface area contributed by atoms with E-state index in [1.54, 1.807) is 0 Å². The summed E-state index contributed by atoms with van der Waals surface area (Å²) in [7, 11) is 4.52. The Morgan fingerprint density at radius 2 is 2.06 bits per heavy atom. The summed E-state index contributed by atoms with van der Waals surface area (Å²) in [6.45, 7) is 6.27. The van der Waals surface area contributed by atoms with Crippen LogP contribution in [0, 0.1) is 5.92 Å². The Morgan fingerprint density at radius 3 is 2.76 bits per heavy atom. The molecule has 0 aromatic carbocycles. The van der Waals surface area contributed by atoms with E-state index in [1.807, 2.05) is 0 Å². The van der Waals surface area contributed by atoms with Gasteiger partial charge < -0.3 is 15.1 Å². The van der Waals surface area contributed by atoms with Crippen molar-refractivity contribution in [3.63, 3.8) is 0 Å². The molecule has 0 amide bonds. The van der Waals surface area contributed by atoms with Crippen LogP contribution in [0.2, 0.25) is 0 Å². The molecule has 100 valence electrons. The summed E-state index contributed by atoms with van der Waals surface area (Å²) >= 11 is 0. The molecule has 1 saturated heterocycles. The van der Waals surface area contributed by atoms with Crippen molar-refractivity contribution in [3.8, 4) is 0 Å². The fourth-order valence-electron chi connectivity index (χ4n) is 2.77. The van der Waals surface area contributed by atoms with Crippen molar-refractivity contribution in [2.45, 2.75) is 38.1 Å². The number of nitrogens with zero attached hydrogens (tertiary/aromatic N) is 2. The molecule has 17 heavy (non-hydrogen) atoms. The van der Waals surface area contributed by atoms with Gasteiger partial charge in [0.15, 0.2) is 0 Å². The number of nitrogens with one attached hydrogen (secondary N) is 1. The molecule has 1 aliphatic carbocycles. The normalized spacial score (nSPS) is 26.6. The molecule has 1 atom stereocenters. The van der Waals surface area contributed by atoms with E-state index in [9.17, 15) is 0 Å². The topological polar surface area (TPSA) is 18.5 Å². The first-order valence-corrected chi connectivity index (χ1v) is 7.34. The van der Waals surface area contributed by atoms with Crippen LogP contribution in [0.5, 0.6) is 0 Å². The highest BCUT2D eigenvalue weighted by molar-refractivity contribution is 4.81. The Labute approximate surface area is 107 Å². The molecule has 0 spiro atoms. The summed E-state index contributed by atoms with van der Waals surface area (Å²) in [5.74, 6) is 0.938. The van der Waals surface area contributed by atoms with Crippen LogP contribution >= 0.6 is 0 Å². The Hall–Kier alpha value is -0.120. The van der Waals surface area contributed by atoms with E-state index in [0.717, 1.165) is 12.0 Å². The monoisotopic (exact) mass is 239 g/mol. The molecular formula is C14H29N3. The van der Waals surface area contributed by atoms with Crippen LogP contribution in [0.4, 0.5) is 0 Å².